The van der Waals surface area contributed by atoms with Crippen molar-refractivity contribution in [1.29, 1.82) is 0 Å². The molecule has 0 radical (unpaired) electrons. The Morgan fingerprint density at radius 2 is 0.771 bits per heavy atom. The van der Waals surface area contributed by atoms with E-state index in [1.807, 2.05) is 24.3 Å². The van der Waals surface area contributed by atoms with E-state index in [0.717, 1.165) is 7.14 Å². The molecule has 5 heteroatoms. The molecule has 0 spiro atoms. The Morgan fingerprint density at radius 3 is 0.886 bits per heavy atom. The van der Waals surface area contributed by atoms with Gasteiger partial charge < -0.3 is 10.2 Å². The third-order valence-corrected chi connectivity index (χ3v) is 7.70. The first-order valence-electron chi connectivity index (χ1n) is 11.4. The second-order valence-electron chi connectivity index (χ2n) is 8.93. The number of rotatable bonds is 0. The van der Waals surface area contributed by atoms with Crippen molar-refractivity contribution in [3.05, 3.63) is 100 Å². The van der Waals surface area contributed by atoms with Crippen LogP contribution in [0, 0.1) is 7.14 Å². The Kier molecular flexibility index (Phi) is 16.6. The molecule has 4 rings (SSSR count). The molecule has 0 aromatic heterocycles. The minimum absolute atomic E-state index is 0. The van der Waals surface area contributed by atoms with Crippen molar-refractivity contribution in [2.45, 2.75) is 68.2 Å². The van der Waals surface area contributed by atoms with E-state index in [0.29, 0.717) is 11.5 Å². The van der Waals surface area contributed by atoms with E-state index in [9.17, 15) is 0 Å². The van der Waals surface area contributed by atoms with Crippen molar-refractivity contribution < 1.29 is 36.4 Å². The zero-order chi connectivity index (χ0) is 26.0. The van der Waals surface area contributed by atoms with Crippen LogP contribution in [0.5, 0.6) is 11.5 Å². The fourth-order valence-corrected chi connectivity index (χ4v) is 4.61. The van der Waals surface area contributed by atoms with Gasteiger partial charge >= 0.3 is 0 Å². The maximum absolute atomic E-state index is 8.81. The third-order valence-electron chi connectivity index (χ3n) is 6.36. The van der Waals surface area contributed by atoms with Gasteiger partial charge in [-0.25, -0.2) is 0 Å². The fourth-order valence-electron chi connectivity index (χ4n) is 3.56. The van der Waals surface area contributed by atoms with Crippen molar-refractivity contribution >= 4 is 45.2 Å². The second kappa shape index (κ2) is 17.0. The van der Waals surface area contributed by atoms with Gasteiger partial charge in [-0.1, -0.05) is 34.4 Å². The predicted octanol–water partition coefficient (Wildman–Crippen LogP) is 10.1. The fraction of sp³-hybridized carbons (Fsp3) is 0.333. The number of hydrogen-bond donors (Lipinski definition) is 2. The van der Waals surface area contributed by atoms with E-state index in [2.05, 4.69) is 101 Å². The van der Waals surface area contributed by atoms with Crippen LogP contribution in [0.2, 0.25) is 0 Å². The molecular formula is C30H38I2O2Zr. The first-order valence-corrected chi connectivity index (χ1v) is 13.5. The van der Waals surface area contributed by atoms with Crippen LogP contribution in [0.15, 0.2) is 93.1 Å². The standard InChI is InChI=1S/2C9H14.2C6H5IO.Zr/c2*1-6-5-7(2)9(4)8(6)3;2*7-5-2-1-3-6(8)4-5;/h2*5H2,1-4H3;2*1-4,8H;. The molecule has 188 valence electrons. The third kappa shape index (κ3) is 12.4. The van der Waals surface area contributed by atoms with Crippen LogP contribution in [-0.4, -0.2) is 10.2 Å². The van der Waals surface area contributed by atoms with Crippen LogP contribution in [0.4, 0.5) is 0 Å². The van der Waals surface area contributed by atoms with Crippen molar-refractivity contribution in [2.24, 2.45) is 0 Å². The van der Waals surface area contributed by atoms with Gasteiger partial charge in [0.2, 0.25) is 0 Å². The molecule has 0 atom stereocenters. The molecule has 0 heterocycles. The summed E-state index contributed by atoms with van der Waals surface area (Å²) in [6, 6.07) is 14.2. The van der Waals surface area contributed by atoms with E-state index in [1.165, 1.54) is 35.1 Å². The first kappa shape index (κ1) is 34.3. The number of phenolic OH excluding ortho intramolecular Hbond substituents is 2. The summed E-state index contributed by atoms with van der Waals surface area (Å²) in [4.78, 5) is 0. The van der Waals surface area contributed by atoms with Crippen LogP contribution in [0.25, 0.3) is 0 Å². The molecule has 35 heavy (non-hydrogen) atoms. The first-order chi connectivity index (χ1) is 15.8. The van der Waals surface area contributed by atoms with Crippen LogP contribution in [0.3, 0.4) is 0 Å². The molecule has 0 unspecified atom stereocenters. The largest absolute Gasteiger partial charge is 0.508 e. The molecule has 2 N–H and O–H groups in total. The molecule has 0 fully saturated rings. The average Bonchev–Trinajstić information content (AvgIpc) is 3.11. The van der Waals surface area contributed by atoms with Crippen molar-refractivity contribution in [3.63, 3.8) is 0 Å². The summed E-state index contributed by atoms with van der Waals surface area (Å²) in [7, 11) is 0. The molecule has 2 aliphatic carbocycles. The summed E-state index contributed by atoms with van der Waals surface area (Å²) in [6.07, 6.45) is 2.41. The van der Waals surface area contributed by atoms with Crippen LogP contribution in [0.1, 0.15) is 68.2 Å². The molecule has 0 aliphatic heterocycles. The minimum Gasteiger partial charge on any atom is -0.508 e. The van der Waals surface area contributed by atoms with Crippen molar-refractivity contribution in [1.82, 2.24) is 0 Å². The summed E-state index contributed by atoms with van der Waals surface area (Å²) >= 11 is 4.29. The molecular weight excluding hydrogens is 737 g/mol. The number of halogens is 2. The van der Waals surface area contributed by atoms with E-state index in [-0.39, 0.29) is 26.2 Å². The zero-order valence-electron chi connectivity index (χ0n) is 22.2. The number of allylic oxidation sites excluding steroid dienone is 8. The summed E-state index contributed by atoms with van der Waals surface area (Å²) < 4.78 is 2.12. The normalized spacial score (nSPS) is 14.5. The van der Waals surface area contributed by atoms with Gasteiger partial charge in [-0.3, -0.25) is 0 Å². The molecule has 0 bridgehead atoms. The maximum atomic E-state index is 8.81. The van der Waals surface area contributed by atoms with Gasteiger partial charge in [0.25, 0.3) is 0 Å². The zero-order valence-corrected chi connectivity index (χ0v) is 29.0. The predicted molar refractivity (Wildman–Crippen MR) is 164 cm³/mol. The van der Waals surface area contributed by atoms with Crippen molar-refractivity contribution in [3.8, 4) is 11.5 Å². The summed E-state index contributed by atoms with van der Waals surface area (Å²) in [6.45, 7) is 17.7. The van der Waals surface area contributed by atoms with E-state index >= 15 is 0 Å². The number of hydrogen-bond acceptors (Lipinski definition) is 2. The maximum Gasteiger partial charge on any atom is 0.116 e. The molecule has 2 aromatic rings. The molecule has 2 aromatic carbocycles. The topological polar surface area (TPSA) is 40.5 Å². The summed E-state index contributed by atoms with van der Waals surface area (Å²) in [5.41, 5.74) is 12.2. The van der Waals surface area contributed by atoms with Gasteiger partial charge in [-0.2, -0.15) is 0 Å². The quantitative estimate of drug-likeness (QED) is 0.262. The summed E-state index contributed by atoms with van der Waals surface area (Å²) in [5.74, 6) is 0.661. The molecule has 0 saturated heterocycles. The van der Waals surface area contributed by atoms with Crippen LogP contribution >= 0.6 is 45.2 Å². The molecule has 0 saturated carbocycles. The van der Waals surface area contributed by atoms with Crippen molar-refractivity contribution in [2.75, 3.05) is 0 Å². The Hall–Kier alpha value is -0.657. The van der Waals surface area contributed by atoms with Gasteiger partial charge in [-0.05, 0) is 172 Å². The number of aromatic hydroxyl groups is 2. The van der Waals surface area contributed by atoms with Crippen LogP contribution < -0.4 is 0 Å². The molecule has 0 amide bonds. The van der Waals surface area contributed by atoms with E-state index < -0.39 is 0 Å². The Bertz CT molecular complexity index is 957. The monoisotopic (exact) mass is 774 g/mol. The average molecular weight is 776 g/mol. The number of phenols is 2. The Labute approximate surface area is 259 Å². The van der Waals surface area contributed by atoms with Gasteiger partial charge in [-0.15, -0.1) is 0 Å². The Morgan fingerprint density at radius 1 is 0.514 bits per heavy atom. The smallest absolute Gasteiger partial charge is 0.116 e. The molecule has 2 nitrogen and oxygen atoms in total. The SMILES string of the molecule is CC1=C(C)C(C)=C(C)C1.CC1=C(C)C(C)=C(C)C1.Oc1cccc(I)c1.Oc1cccc(I)c1.[Zr]. The van der Waals surface area contributed by atoms with Crippen LogP contribution in [-0.2, 0) is 26.2 Å². The minimum atomic E-state index is 0. The summed E-state index contributed by atoms with van der Waals surface area (Å²) in [5, 5.41) is 17.6. The van der Waals surface area contributed by atoms with E-state index in [4.69, 9.17) is 10.2 Å². The molecule has 2 aliphatic rings. The van der Waals surface area contributed by atoms with Gasteiger partial charge in [0.15, 0.2) is 0 Å². The second-order valence-corrected chi connectivity index (χ2v) is 11.4. The Balaban J connectivity index is 0.000000437. The number of benzene rings is 2. The van der Waals surface area contributed by atoms with Gasteiger partial charge in [0, 0.05) is 33.3 Å². The van der Waals surface area contributed by atoms with Gasteiger partial charge in [0.05, 0.1) is 0 Å². The van der Waals surface area contributed by atoms with E-state index in [1.54, 1.807) is 46.6 Å². The van der Waals surface area contributed by atoms with Gasteiger partial charge in [0.1, 0.15) is 11.5 Å².